The highest BCUT2D eigenvalue weighted by Crippen LogP contribution is 2.26. The van der Waals surface area contributed by atoms with Gasteiger partial charge in [0.2, 0.25) is 0 Å². The molecule has 1 aliphatic rings. The lowest BCUT2D eigenvalue weighted by molar-refractivity contribution is 0.245. The summed E-state index contributed by atoms with van der Waals surface area (Å²) in [5, 5.41) is 7.11. The summed E-state index contributed by atoms with van der Waals surface area (Å²) in [5.74, 6) is 0.889. The summed E-state index contributed by atoms with van der Waals surface area (Å²) in [6, 6.07) is 8.66. The van der Waals surface area contributed by atoms with Crippen molar-refractivity contribution in [3.05, 3.63) is 42.5 Å². The molecule has 0 bridgehead atoms. The van der Waals surface area contributed by atoms with Gasteiger partial charge in [-0.1, -0.05) is 18.2 Å². The number of hydrogen-bond acceptors (Lipinski definition) is 3. The van der Waals surface area contributed by atoms with Crippen molar-refractivity contribution in [2.24, 2.45) is 0 Å². The Balaban J connectivity index is 2.01. The maximum atomic E-state index is 5.29. The van der Waals surface area contributed by atoms with Crippen LogP contribution in [0.1, 0.15) is 24.4 Å². The van der Waals surface area contributed by atoms with Crippen LogP contribution >= 0.6 is 12.2 Å². The Morgan fingerprint density at radius 2 is 2.00 bits per heavy atom. The summed E-state index contributed by atoms with van der Waals surface area (Å²) >= 11 is 5.29. The maximum Gasteiger partial charge on any atom is 0.166 e. The lowest BCUT2D eigenvalue weighted by Crippen LogP contribution is -2.41. The third-order valence-electron chi connectivity index (χ3n) is 3.94. The Morgan fingerprint density at radius 1 is 1.32 bits per heavy atom. The molecule has 1 saturated heterocycles. The lowest BCUT2D eigenvalue weighted by atomic mass is 10.1. The van der Waals surface area contributed by atoms with Crippen LogP contribution in [0.15, 0.2) is 36.9 Å². The molecular formula is C17H25N3OS. The molecule has 120 valence electrons. The molecule has 0 saturated carbocycles. The van der Waals surface area contributed by atoms with Gasteiger partial charge in [0.15, 0.2) is 5.11 Å². The number of benzene rings is 1. The van der Waals surface area contributed by atoms with Gasteiger partial charge in [0.05, 0.1) is 13.2 Å². The Kier molecular flexibility index (Phi) is 6.68. The summed E-state index contributed by atoms with van der Waals surface area (Å²) in [6.07, 6.45) is 4.34. The lowest BCUT2D eigenvalue weighted by Gasteiger charge is -2.28. The number of ether oxygens (including phenoxy) is 1. The molecule has 5 heteroatoms. The molecule has 0 aliphatic carbocycles. The van der Waals surface area contributed by atoms with Crippen LogP contribution in [0, 0.1) is 0 Å². The quantitative estimate of drug-likeness (QED) is 0.596. The average Bonchev–Trinajstić information content (AvgIpc) is 3.08. The minimum atomic E-state index is 0.330. The zero-order chi connectivity index (χ0) is 15.8. The predicted molar refractivity (Wildman–Crippen MR) is 95.3 cm³/mol. The van der Waals surface area contributed by atoms with Crippen LogP contribution in [0.4, 0.5) is 0 Å². The fourth-order valence-electron chi connectivity index (χ4n) is 2.75. The molecule has 0 spiro atoms. The minimum absolute atomic E-state index is 0.330. The molecule has 1 aliphatic heterocycles. The topological polar surface area (TPSA) is 36.5 Å². The first kappa shape index (κ1) is 16.8. The Morgan fingerprint density at radius 3 is 2.59 bits per heavy atom. The van der Waals surface area contributed by atoms with Gasteiger partial charge in [-0.05, 0) is 55.8 Å². The first-order valence-electron chi connectivity index (χ1n) is 7.75. The normalized spacial score (nSPS) is 16.0. The van der Waals surface area contributed by atoms with E-state index in [2.05, 4.69) is 34.2 Å². The monoisotopic (exact) mass is 319 g/mol. The van der Waals surface area contributed by atoms with E-state index in [9.17, 15) is 0 Å². The SMILES string of the molecule is C=CCNC(=S)NC[C@H](c1ccc(OC)cc1)N1CCCC1. The molecule has 0 amide bonds. The van der Waals surface area contributed by atoms with Gasteiger partial charge in [-0.15, -0.1) is 6.58 Å². The van der Waals surface area contributed by atoms with Gasteiger partial charge in [0.1, 0.15) is 5.75 Å². The number of rotatable bonds is 7. The van der Waals surface area contributed by atoms with E-state index in [-0.39, 0.29) is 0 Å². The number of hydrogen-bond donors (Lipinski definition) is 2. The van der Waals surface area contributed by atoms with Crippen molar-refractivity contribution in [3.8, 4) is 5.75 Å². The van der Waals surface area contributed by atoms with Crippen molar-refractivity contribution < 1.29 is 4.74 Å². The zero-order valence-corrected chi connectivity index (χ0v) is 14.0. The van der Waals surface area contributed by atoms with Crippen LogP contribution in [0.2, 0.25) is 0 Å². The van der Waals surface area contributed by atoms with Crippen LogP contribution in [-0.2, 0) is 0 Å². The van der Waals surface area contributed by atoms with Crippen LogP contribution < -0.4 is 15.4 Å². The highest BCUT2D eigenvalue weighted by Gasteiger charge is 2.23. The molecule has 0 unspecified atom stereocenters. The van der Waals surface area contributed by atoms with Gasteiger partial charge in [-0.2, -0.15) is 0 Å². The molecule has 2 rings (SSSR count). The van der Waals surface area contributed by atoms with Crippen LogP contribution in [-0.4, -0.2) is 43.3 Å². The second-order valence-corrected chi connectivity index (χ2v) is 5.82. The predicted octanol–water partition coefficient (Wildman–Crippen LogP) is 2.48. The van der Waals surface area contributed by atoms with Crippen molar-refractivity contribution >= 4 is 17.3 Å². The first-order valence-corrected chi connectivity index (χ1v) is 8.16. The van der Waals surface area contributed by atoms with Gasteiger partial charge in [-0.25, -0.2) is 0 Å². The summed E-state index contributed by atoms with van der Waals surface area (Å²) in [5.41, 5.74) is 1.29. The van der Waals surface area contributed by atoms with Crippen molar-refractivity contribution in [3.63, 3.8) is 0 Å². The van der Waals surface area contributed by atoms with Crippen molar-refractivity contribution in [1.29, 1.82) is 0 Å². The maximum absolute atomic E-state index is 5.29. The Labute approximate surface area is 138 Å². The molecule has 1 aromatic rings. The van der Waals surface area contributed by atoms with Gasteiger partial charge in [-0.3, -0.25) is 4.90 Å². The smallest absolute Gasteiger partial charge is 0.166 e. The Hall–Kier alpha value is -1.59. The fourth-order valence-corrected chi connectivity index (χ4v) is 2.92. The number of methoxy groups -OCH3 is 1. The van der Waals surface area contributed by atoms with Crippen LogP contribution in [0.5, 0.6) is 5.75 Å². The minimum Gasteiger partial charge on any atom is -0.497 e. The largest absolute Gasteiger partial charge is 0.497 e. The summed E-state index contributed by atoms with van der Waals surface area (Å²) in [7, 11) is 1.69. The Bertz CT molecular complexity index is 483. The van der Waals surface area contributed by atoms with E-state index < -0.39 is 0 Å². The van der Waals surface area contributed by atoms with E-state index in [0.29, 0.717) is 17.7 Å². The van der Waals surface area contributed by atoms with E-state index in [0.717, 1.165) is 25.4 Å². The number of thiocarbonyl (C=S) groups is 1. The molecule has 1 aromatic carbocycles. The molecule has 0 aromatic heterocycles. The van der Waals surface area contributed by atoms with Gasteiger partial charge in [0.25, 0.3) is 0 Å². The molecule has 1 atom stereocenters. The fraction of sp³-hybridized carbons (Fsp3) is 0.471. The third kappa shape index (κ3) is 4.71. The standard InChI is InChI=1S/C17H25N3OS/c1-3-10-18-17(22)19-13-16(20-11-4-5-12-20)14-6-8-15(21-2)9-7-14/h3,6-9,16H,1,4-5,10-13H2,2H3,(H2,18,19,22)/t16-/m1/s1. The summed E-state index contributed by atoms with van der Waals surface area (Å²) in [4.78, 5) is 2.52. The van der Waals surface area contributed by atoms with Crippen LogP contribution in [0.3, 0.4) is 0 Å². The van der Waals surface area contributed by atoms with E-state index in [1.54, 1.807) is 13.2 Å². The van der Waals surface area contributed by atoms with Crippen molar-refractivity contribution in [2.75, 3.05) is 33.3 Å². The summed E-state index contributed by atoms with van der Waals surface area (Å²) < 4.78 is 5.25. The van der Waals surface area contributed by atoms with Crippen molar-refractivity contribution in [1.82, 2.24) is 15.5 Å². The second kappa shape index (κ2) is 8.76. The average molecular weight is 319 g/mol. The molecule has 0 radical (unpaired) electrons. The number of nitrogens with zero attached hydrogens (tertiary/aromatic N) is 1. The van der Waals surface area contributed by atoms with E-state index in [1.807, 2.05) is 12.1 Å². The number of nitrogens with one attached hydrogen (secondary N) is 2. The molecule has 1 heterocycles. The van der Waals surface area contributed by atoms with E-state index >= 15 is 0 Å². The highest BCUT2D eigenvalue weighted by atomic mass is 32.1. The van der Waals surface area contributed by atoms with Gasteiger partial charge in [0, 0.05) is 13.1 Å². The van der Waals surface area contributed by atoms with E-state index in [1.165, 1.54) is 18.4 Å². The highest BCUT2D eigenvalue weighted by molar-refractivity contribution is 7.80. The molecule has 4 nitrogen and oxygen atoms in total. The van der Waals surface area contributed by atoms with Crippen molar-refractivity contribution in [2.45, 2.75) is 18.9 Å². The van der Waals surface area contributed by atoms with E-state index in [4.69, 9.17) is 17.0 Å². The molecule has 2 N–H and O–H groups in total. The second-order valence-electron chi connectivity index (χ2n) is 5.41. The van der Waals surface area contributed by atoms with Crippen LogP contribution in [0.25, 0.3) is 0 Å². The molecule has 1 fully saturated rings. The molecule has 22 heavy (non-hydrogen) atoms. The molecular weight excluding hydrogens is 294 g/mol. The first-order chi connectivity index (χ1) is 10.7. The number of likely N-dealkylation sites (tertiary alicyclic amines) is 1. The van der Waals surface area contributed by atoms with Gasteiger partial charge < -0.3 is 15.4 Å². The third-order valence-corrected chi connectivity index (χ3v) is 4.23. The summed E-state index contributed by atoms with van der Waals surface area (Å²) in [6.45, 7) is 7.46. The van der Waals surface area contributed by atoms with Gasteiger partial charge >= 0.3 is 0 Å². The zero-order valence-electron chi connectivity index (χ0n) is 13.2.